The second-order valence-electron chi connectivity index (χ2n) is 4.46. The van der Waals surface area contributed by atoms with Gasteiger partial charge in [0.25, 0.3) is 0 Å². The van der Waals surface area contributed by atoms with Crippen LogP contribution < -0.4 is 10.5 Å². The van der Waals surface area contributed by atoms with Gasteiger partial charge in [-0.25, -0.2) is 4.39 Å². The van der Waals surface area contributed by atoms with E-state index < -0.39 is 11.4 Å². The Bertz CT molecular complexity index is 445. The van der Waals surface area contributed by atoms with Gasteiger partial charge in [-0.3, -0.25) is 0 Å². The molecule has 1 aliphatic rings. The fourth-order valence-electron chi connectivity index (χ4n) is 2.46. The molecule has 17 heavy (non-hydrogen) atoms. The van der Waals surface area contributed by atoms with Gasteiger partial charge in [-0.05, 0) is 28.8 Å². The third-order valence-corrected chi connectivity index (χ3v) is 4.15. The summed E-state index contributed by atoms with van der Waals surface area (Å²) in [6.07, 6.45) is 3.46. The van der Waals surface area contributed by atoms with Crippen LogP contribution in [-0.2, 0) is 5.54 Å². The van der Waals surface area contributed by atoms with E-state index in [1.54, 1.807) is 0 Å². The third-order valence-electron chi connectivity index (χ3n) is 3.37. The van der Waals surface area contributed by atoms with E-state index in [1.807, 2.05) is 0 Å². The van der Waals surface area contributed by atoms with Gasteiger partial charge in [0.2, 0.25) is 0 Å². The predicted molar refractivity (Wildman–Crippen MR) is 66.7 cm³/mol. The summed E-state index contributed by atoms with van der Waals surface area (Å²) in [6, 6.07) is 1.15. The molecular weight excluding hydrogens is 289 g/mol. The molecule has 0 amide bonds. The quantitative estimate of drug-likeness (QED) is 0.883. The highest BCUT2D eigenvalue weighted by Crippen LogP contribution is 2.48. The number of ether oxygens (including phenoxy) is 1. The number of hydrogen-bond donors (Lipinski definition) is 2. The van der Waals surface area contributed by atoms with Crippen molar-refractivity contribution >= 4 is 15.9 Å². The smallest absolute Gasteiger partial charge is 0.164 e. The Morgan fingerprint density at radius 2 is 2.06 bits per heavy atom. The zero-order valence-electron chi connectivity index (χ0n) is 9.59. The molecule has 1 fully saturated rings. The number of phenols is 1. The van der Waals surface area contributed by atoms with Gasteiger partial charge in [0.1, 0.15) is 5.82 Å². The van der Waals surface area contributed by atoms with Crippen LogP contribution in [0.2, 0.25) is 0 Å². The Morgan fingerprint density at radius 3 is 2.59 bits per heavy atom. The highest BCUT2D eigenvalue weighted by Gasteiger charge is 2.37. The number of rotatable bonds is 2. The Kier molecular flexibility index (Phi) is 3.32. The van der Waals surface area contributed by atoms with Gasteiger partial charge in [0, 0.05) is 17.2 Å². The first-order valence-electron chi connectivity index (χ1n) is 5.54. The molecule has 0 aliphatic heterocycles. The molecule has 2 rings (SSSR count). The molecule has 0 saturated heterocycles. The first kappa shape index (κ1) is 12.6. The van der Waals surface area contributed by atoms with Crippen LogP contribution in [0.15, 0.2) is 10.5 Å². The molecule has 0 radical (unpaired) electrons. The first-order chi connectivity index (χ1) is 7.99. The summed E-state index contributed by atoms with van der Waals surface area (Å²) in [5, 5.41) is 10.1. The summed E-state index contributed by atoms with van der Waals surface area (Å²) in [7, 11) is 1.39. The number of methoxy groups -OCH3 is 1. The topological polar surface area (TPSA) is 55.5 Å². The van der Waals surface area contributed by atoms with Crippen LogP contribution >= 0.6 is 15.9 Å². The molecule has 0 spiro atoms. The Labute approximate surface area is 108 Å². The standard InChI is InChI=1S/C12H15BrFNO2/c1-17-8-6-7(14)10(13)9(11(8)16)12(15)4-2-3-5-12/h6,16H,2-5,15H2,1H3. The van der Waals surface area contributed by atoms with Gasteiger partial charge >= 0.3 is 0 Å². The van der Waals surface area contributed by atoms with Crippen molar-refractivity contribution in [3.8, 4) is 11.5 Å². The number of aromatic hydroxyl groups is 1. The fraction of sp³-hybridized carbons (Fsp3) is 0.500. The minimum atomic E-state index is -0.668. The Balaban J connectivity index is 2.62. The van der Waals surface area contributed by atoms with E-state index in [0.717, 1.165) is 31.7 Å². The van der Waals surface area contributed by atoms with Gasteiger partial charge in [-0.15, -0.1) is 0 Å². The van der Waals surface area contributed by atoms with Crippen LogP contribution in [0.1, 0.15) is 31.2 Å². The number of halogens is 2. The van der Waals surface area contributed by atoms with Crippen LogP contribution in [0.3, 0.4) is 0 Å². The lowest BCUT2D eigenvalue weighted by molar-refractivity contribution is 0.350. The van der Waals surface area contributed by atoms with Gasteiger partial charge < -0.3 is 15.6 Å². The average Bonchev–Trinajstić information content (AvgIpc) is 2.71. The lowest BCUT2D eigenvalue weighted by Crippen LogP contribution is -2.33. The first-order valence-corrected chi connectivity index (χ1v) is 6.33. The molecule has 0 bridgehead atoms. The maximum atomic E-state index is 13.7. The predicted octanol–water partition coefficient (Wildman–Crippen LogP) is 3.03. The van der Waals surface area contributed by atoms with Crippen LogP contribution in [0.5, 0.6) is 11.5 Å². The number of hydrogen-bond acceptors (Lipinski definition) is 3. The second-order valence-corrected chi connectivity index (χ2v) is 5.25. The zero-order chi connectivity index (χ0) is 12.6. The van der Waals surface area contributed by atoms with Crippen molar-refractivity contribution in [2.24, 2.45) is 5.73 Å². The van der Waals surface area contributed by atoms with E-state index in [0.29, 0.717) is 5.56 Å². The zero-order valence-corrected chi connectivity index (χ0v) is 11.2. The molecule has 0 unspecified atom stereocenters. The molecule has 1 aliphatic carbocycles. The van der Waals surface area contributed by atoms with E-state index in [9.17, 15) is 9.50 Å². The molecule has 5 heteroatoms. The molecular formula is C12H15BrFNO2. The van der Waals surface area contributed by atoms with Crippen molar-refractivity contribution in [2.75, 3.05) is 7.11 Å². The van der Waals surface area contributed by atoms with Crippen molar-refractivity contribution in [1.82, 2.24) is 0 Å². The maximum absolute atomic E-state index is 13.7. The SMILES string of the molecule is COc1cc(F)c(Br)c(C2(N)CCCC2)c1O. The lowest BCUT2D eigenvalue weighted by atomic mass is 9.88. The van der Waals surface area contributed by atoms with Gasteiger partial charge in [0.15, 0.2) is 11.5 Å². The Morgan fingerprint density at radius 1 is 1.47 bits per heavy atom. The summed E-state index contributed by atoms with van der Waals surface area (Å²) in [5.41, 5.74) is 6.02. The second kappa shape index (κ2) is 4.46. The van der Waals surface area contributed by atoms with E-state index in [-0.39, 0.29) is 16.0 Å². The molecule has 1 aromatic carbocycles. The van der Waals surface area contributed by atoms with E-state index in [4.69, 9.17) is 10.5 Å². The summed E-state index contributed by atoms with van der Waals surface area (Å²) in [4.78, 5) is 0. The minimum absolute atomic E-state index is 0.0647. The third kappa shape index (κ3) is 2.02. The van der Waals surface area contributed by atoms with E-state index in [2.05, 4.69) is 15.9 Å². The summed E-state index contributed by atoms with van der Waals surface area (Å²) in [5.74, 6) is -0.408. The molecule has 94 valence electrons. The van der Waals surface area contributed by atoms with E-state index in [1.165, 1.54) is 7.11 Å². The van der Waals surface area contributed by atoms with E-state index >= 15 is 0 Å². The molecule has 3 nitrogen and oxygen atoms in total. The molecule has 0 aromatic heterocycles. The van der Waals surface area contributed by atoms with Gasteiger partial charge in [-0.1, -0.05) is 12.8 Å². The molecule has 0 heterocycles. The minimum Gasteiger partial charge on any atom is -0.504 e. The fourth-order valence-corrected chi connectivity index (χ4v) is 3.16. The number of nitrogens with two attached hydrogens (primary N) is 1. The van der Waals surface area contributed by atoms with Crippen LogP contribution in [0, 0.1) is 5.82 Å². The van der Waals surface area contributed by atoms with Crippen LogP contribution in [0.4, 0.5) is 4.39 Å². The summed E-state index contributed by atoms with van der Waals surface area (Å²) < 4.78 is 18.9. The molecule has 1 aromatic rings. The van der Waals surface area contributed by atoms with Crippen LogP contribution in [-0.4, -0.2) is 12.2 Å². The number of benzene rings is 1. The monoisotopic (exact) mass is 303 g/mol. The number of phenolic OH excluding ortho intramolecular Hbond substituents is 1. The van der Waals surface area contributed by atoms with Gasteiger partial charge in [0.05, 0.1) is 11.6 Å². The average molecular weight is 304 g/mol. The lowest BCUT2D eigenvalue weighted by Gasteiger charge is -2.27. The summed E-state index contributed by atoms with van der Waals surface area (Å²) >= 11 is 3.17. The molecule has 1 saturated carbocycles. The van der Waals surface area contributed by atoms with Crippen molar-refractivity contribution in [1.29, 1.82) is 0 Å². The highest BCUT2D eigenvalue weighted by atomic mass is 79.9. The van der Waals surface area contributed by atoms with Crippen molar-refractivity contribution < 1.29 is 14.2 Å². The van der Waals surface area contributed by atoms with Crippen LogP contribution in [0.25, 0.3) is 0 Å². The van der Waals surface area contributed by atoms with Crippen molar-refractivity contribution in [3.05, 3.63) is 21.9 Å². The largest absolute Gasteiger partial charge is 0.504 e. The Hall–Kier alpha value is -0.810. The normalized spacial score (nSPS) is 18.4. The van der Waals surface area contributed by atoms with Crippen molar-refractivity contribution in [3.63, 3.8) is 0 Å². The summed E-state index contributed by atoms with van der Waals surface area (Å²) in [6.45, 7) is 0. The highest BCUT2D eigenvalue weighted by molar-refractivity contribution is 9.10. The molecule has 3 N–H and O–H groups in total. The van der Waals surface area contributed by atoms with Crippen molar-refractivity contribution in [2.45, 2.75) is 31.2 Å². The maximum Gasteiger partial charge on any atom is 0.164 e. The molecule has 0 atom stereocenters. The van der Waals surface area contributed by atoms with Gasteiger partial charge in [-0.2, -0.15) is 0 Å².